The number of halogens is 1. The molecule has 0 aliphatic rings. The molecule has 120 valence electrons. The van der Waals surface area contributed by atoms with Gasteiger partial charge in [0.05, 0.1) is 4.90 Å². The topological polar surface area (TPSA) is 37.4 Å². The highest BCUT2D eigenvalue weighted by atomic mass is 35.5. The summed E-state index contributed by atoms with van der Waals surface area (Å²) in [5.41, 5.74) is 2.62. The van der Waals surface area contributed by atoms with E-state index in [2.05, 4.69) is 13.8 Å². The van der Waals surface area contributed by atoms with Crippen molar-refractivity contribution in [3.63, 3.8) is 0 Å². The van der Waals surface area contributed by atoms with E-state index in [1.807, 2.05) is 26.8 Å². The first-order valence-corrected chi connectivity index (χ1v) is 9.41. The maximum Gasteiger partial charge on any atom is 0.243 e. The van der Waals surface area contributed by atoms with Crippen molar-refractivity contribution in [3.05, 3.63) is 28.8 Å². The molecule has 5 heteroatoms. The Morgan fingerprint density at radius 1 is 1.24 bits per heavy atom. The molecule has 3 nitrogen and oxygen atoms in total. The summed E-state index contributed by atoms with van der Waals surface area (Å²) in [4.78, 5) is 0.392. The fraction of sp³-hybridized carbons (Fsp3) is 0.625. The van der Waals surface area contributed by atoms with Gasteiger partial charge in [-0.3, -0.25) is 0 Å². The van der Waals surface area contributed by atoms with E-state index in [4.69, 9.17) is 11.6 Å². The lowest BCUT2D eigenvalue weighted by Crippen LogP contribution is -2.35. The molecule has 0 bridgehead atoms. The van der Waals surface area contributed by atoms with E-state index in [0.29, 0.717) is 29.8 Å². The van der Waals surface area contributed by atoms with Gasteiger partial charge in [0.15, 0.2) is 0 Å². The average Bonchev–Trinajstić information content (AvgIpc) is 2.46. The van der Waals surface area contributed by atoms with Gasteiger partial charge in [0.1, 0.15) is 0 Å². The van der Waals surface area contributed by atoms with Gasteiger partial charge in [-0.05, 0) is 42.5 Å². The molecular formula is C16H26ClNO2S. The number of hydrogen-bond acceptors (Lipinski definition) is 2. The Morgan fingerprint density at radius 2 is 1.86 bits per heavy atom. The monoisotopic (exact) mass is 331 g/mol. The van der Waals surface area contributed by atoms with E-state index in [1.54, 1.807) is 10.4 Å². The summed E-state index contributed by atoms with van der Waals surface area (Å²) in [5, 5.41) is 0. The van der Waals surface area contributed by atoms with E-state index < -0.39 is 10.0 Å². The number of nitrogens with zero attached hydrogens (tertiary/aromatic N) is 1. The fourth-order valence-corrected chi connectivity index (χ4v) is 4.33. The third kappa shape index (κ3) is 4.21. The van der Waals surface area contributed by atoms with Crippen LogP contribution in [0.5, 0.6) is 0 Å². The summed E-state index contributed by atoms with van der Waals surface area (Å²) < 4.78 is 27.4. The van der Waals surface area contributed by atoms with Gasteiger partial charge in [-0.25, -0.2) is 8.42 Å². The molecule has 0 aliphatic carbocycles. The zero-order valence-electron chi connectivity index (χ0n) is 13.6. The second kappa shape index (κ2) is 7.61. The number of alkyl halides is 1. The number of hydrogen-bond donors (Lipinski definition) is 0. The smallest absolute Gasteiger partial charge is 0.207 e. The van der Waals surface area contributed by atoms with Gasteiger partial charge in [0.25, 0.3) is 0 Å². The van der Waals surface area contributed by atoms with E-state index in [0.717, 1.165) is 23.1 Å². The summed E-state index contributed by atoms with van der Waals surface area (Å²) in [6, 6.07) is 3.66. The van der Waals surface area contributed by atoms with Gasteiger partial charge in [-0.15, -0.1) is 11.6 Å². The summed E-state index contributed by atoms with van der Waals surface area (Å²) in [6.45, 7) is 10.9. The predicted molar refractivity (Wildman–Crippen MR) is 89.4 cm³/mol. The van der Waals surface area contributed by atoms with Crippen LogP contribution in [-0.2, 0) is 15.9 Å². The molecule has 0 radical (unpaired) electrons. The van der Waals surface area contributed by atoms with E-state index in [-0.39, 0.29) is 0 Å². The van der Waals surface area contributed by atoms with Crippen molar-refractivity contribution in [3.8, 4) is 0 Å². The largest absolute Gasteiger partial charge is 0.243 e. The maximum atomic E-state index is 12.9. The SMILES string of the molecule is CCC(C)CN(CC)S(=O)(=O)c1cc(CCl)cc(C)c1C. The van der Waals surface area contributed by atoms with Crippen molar-refractivity contribution in [1.82, 2.24) is 4.31 Å². The molecule has 1 rings (SSSR count). The Labute approximate surface area is 134 Å². The molecule has 21 heavy (non-hydrogen) atoms. The molecule has 0 fully saturated rings. The number of aryl methyl sites for hydroxylation is 1. The van der Waals surface area contributed by atoms with Gasteiger partial charge in [-0.2, -0.15) is 4.31 Å². The van der Waals surface area contributed by atoms with Crippen LogP contribution in [0.4, 0.5) is 0 Å². The highest BCUT2D eigenvalue weighted by Crippen LogP contribution is 2.26. The second-order valence-corrected chi connectivity index (χ2v) is 7.81. The van der Waals surface area contributed by atoms with Crippen molar-refractivity contribution >= 4 is 21.6 Å². The van der Waals surface area contributed by atoms with E-state index >= 15 is 0 Å². The molecule has 0 saturated carbocycles. The van der Waals surface area contributed by atoms with Crippen LogP contribution in [-0.4, -0.2) is 25.8 Å². The zero-order valence-corrected chi connectivity index (χ0v) is 15.2. The molecule has 0 heterocycles. The molecule has 0 saturated heterocycles. The number of benzene rings is 1. The normalized spacial score (nSPS) is 13.7. The summed E-state index contributed by atoms with van der Waals surface area (Å²) >= 11 is 5.89. The molecule has 1 aromatic rings. The van der Waals surface area contributed by atoms with Crippen LogP contribution in [0.2, 0.25) is 0 Å². The third-order valence-electron chi connectivity index (χ3n) is 4.02. The van der Waals surface area contributed by atoms with E-state index in [1.165, 1.54) is 0 Å². The van der Waals surface area contributed by atoms with Crippen molar-refractivity contribution in [2.75, 3.05) is 13.1 Å². The first kappa shape index (κ1) is 18.5. The third-order valence-corrected chi connectivity index (χ3v) is 6.39. The van der Waals surface area contributed by atoms with Crippen molar-refractivity contribution in [2.24, 2.45) is 5.92 Å². The summed E-state index contributed by atoms with van der Waals surface area (Å²) in [5.74, 6) is 0.665. The molecule has 0 aromatic heterocycles. The second-order valence-electron chi connectivity index (χ2n) is 5.64. The van der Waals surface area contributed by atoms with Crippen molar-refractivity contribution in [1.29, 1.82) is 0 Å². The molecule has 1 unspecified atom stereocenters. The Balaban J connectivity index is 3.31. The van der Waals surface area contributed by atoms with Crippen LogP contribution < -0.4 is 0 Å². The van der Waals surface area contributed by atoms with Gasteiger partial charge < -0.3 is 0 Å². The minimum absolute atomic E-state index is 0.321. The highest BCUT2D eigenvalue weighted by molar-refractivity contribution is 7.89. The molecule has 0 spiro atoms. The van der Waals surface area contributed by atoms with Gasteiger partial charge in [0.2, 0.25) is 10.0 Å². The summed E-state index contributed by atoms with van der Waals surface area (Å²) in [7, 11) is -3.47. The van der Waals surface area contributed by atoms with Crippen LogP contribution in [0.1, 0.15) is 43.9 Å². The quantitative estimate of drug-likeness (QED) is 0.705. The van der Waals surface area contributed by atoms with Crippen LogP contribution >= 0.6 is 11.6 Å². The van der Waals surface area contributed by atoms with Crippen molar-refractivity contribution in [2.45, 2.75) is 51.8 Å². The summed E-state index contributed by atoms with van der Waals surface area (Å²) in [6.07, 6.45) is 0.964. The lowest BCUT2D eigenvalue weighted by Gasteiger charge is -2.25. The standard InChI is InChI=1S/C16H26ClNO2S/c1-6-12(3)11-18(7-2)21(19,20)16-9-15(10-17)8-13(4)14(16)5/h8-9,12H,6-7,10-11H2,1-5H3. The Bertz CT molecular complexity index is 584. The molecule has 0 N–H and O–H groups in total. The number of rotatable bonds is 7. The van der Waals surface area contributed by atoms with Crippen LogP contribution in [0, 0.1) is 19.8 Å². The first-order chi connectivity index (χ1) is 9.77. The molecular weight excluding hydrogens is 306 g/mol. The molecule has 0 amide bonds. The number of sulfonamides is 1. The fourth-order valence-electron chi connectivity index (χ4n) is 2.26. The minimum Gasteiger partial charge on any atom is -0.207 e. The first-order valence-electron chi connectivity index (χ1n) is 7.44. The van der Waals surface area contributed by atoms with Crippen LogP contribution in [0.3, 0.4) is 0 Å². The molecule has 0 aliphatic heterocycles. The van der Waals surface area contributed by atoms with Gasteiger partial charge >= 0.3 is 0 Å². The maximum absolute atomic E-state index is 12.9. The average molecular weight is 332 g/mol. The lowest BCUT2D eigenvalue weighted by molar-refractivity contribution is 0.361. The molecule has 1 aromatic carbocycles. The van der Waals surface area contributed by atoms with Gasteiger partial charge in [-0.1, -0.05) is 33.3 Å². The Morgan fingerprint density at radius 3 is 2.33 bits per heavy atom. The van der Waals surface area contributed by atoms with Crippen LogP contribution in [0.25, 0.3) is 0 Å². The molecule has 1 atom stereocenters. The van der Waals surface area contributed by atoms with E-state index in [9.17, 15) is 8.42 Å². The van der Waals surface area contributed by atoms with Crippen LogP contribution in [0.15, 0.2) is 17.0 Å². The lowest BCUT2D eigenvalue weighted by atomic mass is 10.1. The minimum atomic E-state index is -3.47. The highest BCUT2D eigenvalue weighted by Gasteiger charge is 2.26. The van der Waals surface area contributed by atoms with Crippen molar-refractivity contribution < 1.29 is 8.42 Å². The zero-order chi connectivity index (χ0) is 16.2. The van der Waals surface area contributed by atoms with Gasteiger partial charge in [0, 0.05) is 19.0 Å². The Hall–Kier alpha value is -0.580. The Kier molecular flexibility index (Phi) is 6.70. The predicted octanol–water partition coefficient (Wildman–Crippen LogP) is 4.10.